The summed E-state index contributed by atoms with van der Waals surface area (Å²) >= 11 is 0. The lowest BCUT2D eigenvalue weighted by atomic mass is 9.89. The first kappa shape index (κ1) is 14.0. The Morgan fingerprint density at radius 2 is 1.90 bits per heavy atom. The molecule has 0 radical (unpaired) electrons. The molecule has 0 saturated carbocycles. The fraction of sp³-hybridized carbons (Fsp3) is 0.294. The predicted octanol–water partition coefficient (Wildman–Crippen LogP) is 3.27. The maximum absolute atomic E-state index is 13.3. The maximum atomic E-state index is 13.3. The second kappa shape index (κ2) is 5.82. The molecule has 3 rings (SSSR count). The molecule has 4 heteroatoms. The van der Waals surface area contributed by atoms with Crippen molar-refractivity contribution in [3.63, 3.8) is 0 Å². The number of para-hydroxylation sites is 1. The third-order valence-electron chi connectivity index (χ3n) is 3.97. The number of ether oxygens (including phenoxy) is 1. The lowest BCUT2D eigenvalue weighted by Gasteiger charge is -2.22. The van der Waals surface area contributed by atoms with Crippen LogP contribution in [0.4, 0.5) is 8.78 Å². The Bertz CT molecular complexity index is 624. The van der Waals surface area contributed by atoms with Crippen molar-refractivity contribution in [2.45, 2.75) is 18.4 Å². The summed E-state index contributed by atoms with van der Waals surface area (Å²) in [5.74, 6) is -0.00319. The van der Waals surface area contributed by atoms with Gasteiger partial charge in [-0.3, -0.25) is 0 Å². The van der Waals surface area contributed by atoms with E-state index in [4.69, 9.17) is 4.74 Å². The molecule has 21 heavy (non-hydrogen) atoms. The monoisotopic (exact) mass is 289 g/mol. The molecule has 0 bridgehead atoms. The van der Waals surface area contributed by atoms with Gasteiger partial charge in [-0.2, -0.15) is 0 Å². The van der Waals surface area contributed by atoms with Crippen LogP contribution in [0.5, 0.6) is 5.75 Å². The van der Waals surface area contributed by atoms with Gasteiger partial charge in [-0.25, -0.2) is 8.78 Å². The third-order valence-corrected chi connectivity index (χ3v) is 3.97. The minimum atomic E-state index is -0.539. The molecule has 0 aliphatic carbocycles. The summed E-state index contributed by atoms with van der Waals surface area (Å²) in [6, 6.07) is 11.6. The van der Waals surface area contributed by atoms with E-state index in [0.717, 1.165) is 17.4 Å². The molecule has 0 saturated heterocycles. The van der Waals surface area contributed by atoms with Crippen molar-refractivity contribution in [2.24, 2.45) is 0 Å². The van der Waals surface area contributed by atoms with Crippen LogP contribution in [-0.2, 0) is 6.42 Å². The fourth-order valence-electron chi connectivity index (χ4n) is 2.95. The Balaban J connectivity index is 1.83. The van der Waals surface area contributed by atoms with Crippen LogP contribution in [0.2, 0.25) is 0 Å². The number of hydrogen-bond acceptors (Lipinski definition) is 2. The molecule has 1 aliphatic heterocycles. The fourth-order valence-corrected chi connectivity index (χ4v) is 2.95. The number of nitrogens with one attached hydrogen (secondary N) is 1. The first-order valence-electron chi connectivity index (χ1n) is 7.01. The molecule has 0 amide bonds. The molecule has 0 aromatic heterocycles. The van der Waals surface area contributed by atoms with Crippen LogP contribution in [0.25, 0.3) is 0 Å². The summed E-state index contributed by atoms with van der Waals surface area (Å²) in [6.07, 6.45) is 0.549. The lowest BCUT2D eigenvalue weighted by molar-refractivity contribution is 0.301. The molecule has 0 spiro atoms. The van der Waals surface area contributed by atoms with Crippen LogP contribution >= 0.6 is 0 Å². The van der Waals surface area contributed by atoms with E-state index in [-0.39, 0.29) is 12.0 Å². The van der Waals surface area contributed by atoms with Gasteiger partial charge in [0.15, 0.2) is 0 Å². The van der Waals surface area contributed by atoms with Gasteiger partial charge >= 0.3 is 0 Å². The first-order valence-corrected chi connectivity index (χ1v) is 7.01. The van der Waals surface area contributed by atoms with Gasteiger partial charge in [-0.1, -0.05) is 18.2 Å². The predicted molar refractivity (Wildman–Crippen MR) is 77.6 cm³/mol. The molecule has 2 atom stereocenters. The second-order valence-corrected chi connectivity index (χ2v) is 5.33. The average molecular weight is 289 g/mol. The Hall–Kier alpha value is -1.94. The zero-order valence-corrected chi connectivity index (χ0v) is 11.8. The highest BCUT2D eigenvalue weighted by Crippen LogP contribution is 2.36. The van der Waals surface area contributed by atoms with E-state index >= 15 is 0 Å². The van der Waals surface area contributed by atoms with Crippen LogP contribution in [-0.4, -0.2) is 19.7 Å². The van der Waals surface area contributed by atoms with Crippen LogP contribution < -0.4 is 10.1 Å². The Morgan fingerprint density at radius 3 is 2.62 bits per heavy atom. The minimum Gasteiger partial charge on any atom is -0.493 e. The molecule has 2 aromatic carbocycles. The van der Waals surface area contributed by atoms with Crippen molar-refractivity contribution >= 4 is 0 Å². The average Bonchev–Trinajstić information content (AvgIpc) is 2.87. The highest BCUT2D eigenvalue weighted by molar-refractivity contribution is 5.41. The van der Waals surface area contributed by atoms with Crippen molar-refractivity contribution in [1.29, 1.82) is 0 Å². The number of fused-ring (bicyclic) bond motifs is 1. The van der Waals surface area contributed by atoms with E-state index in [1.807, 2.05) is 31.3 Å². The Kier molecular flexibility index (Phi) is 3.88. The molecule has 1 N–H and O–H groups in total. The molecule has 2 unspecified atom stereocenters. The van der Waals surface area contributed by atoms with E-state index in [2.05, 4.69) is 5.32 Å². The van der Waals surface area contributed by atoms with Crippen molar-refractivity contribution in [2.75, 3.05) is 13.7 Å². The van der Waals surface area contributed by atoms with Gasteiger partial charge in [0.05, 0.1) is 6.61 Å². The third kappa shape index (κ3) is 2.90. The standard InChI is InChI=1S/C17H17F2NO/c1-20-16(8-11-6-12(18)9-13(19)7-11)15-10-21-17-5-3-2-4-14(15)17/h2-7,9,15-16,20H,8,10H2,1H3. The normalized spacial score (nSPS) is 18.1. The summed E-state index contributed by atoms with van der Waals surface area (Å²) in [5, 5.41) is 3.25. The number of halogens is 2. The Morgan fingerprint density at radius 1 is 1.19 bits per heavy atom. The van der Waals surface area contributed by atoms with E-state index < -0.39 is 11.6 Å². The molecular weight excluding hydrogens is 272 g/mol. The summed E-state index contributed by atoms with van der Waals surface area (Å²) in [6.45, 7) is 0.586. The van der Waals surface area contributed by atoms with E-state index in [1.165, 1.54) is 12.1 Å². The molecule has 0 fully saturated rings. The molecule has 2 nitrogen and oxygen atoms in total. The van der Waals surface area contributed by atoms with Crippen LogP contribution in [0, 0.1) is 11.6 Å². The van der Waals surface area contributed by atoms with E-state index in [9.17, 15) is 8.78 Å². The molecule has 110 valence electrons. The van der Waals surface area contributed by atoms with Gasteiger partial charge in [-0.05, 0) is 37.2 Å². The van der Waals surface area contributed by atoms with Gasteiger partial charge in [0.1, 0.15) is 17.4 Å². The first-order chi connectivity index (χ1) is 10.2. The molecule has 1 heterocycles. The van der Waals surface area contributed by atoms with Gasteiger partial charge in [0.25, 0.3) is 0 Å². The van der Waals surface area contributed by atoms with Gasteiger partial charge in [0.2, 0.25) is 0 Å². The maximum Gasteiger partial charge on any atom is 0.126 e. The molecule has 1 aliphatic rings. The second-order valence-electron chi connectivity index (χ2n) is 5.33. The van der Waals surface area contributed by atoms with Crippen LogP contribution in [0.15, 0.2) is 42.5 Å². The van der Waals surface area contributed by atoms with Crippen molar-refractivity contribution < 1.29 is 13.5 Å². The minimum absolute atomic E-state index is 0.0647. The quantitative estimate of drug-likeness (QED) is 0.932. The van der Waals surface area contributed by atoms with Gasteiger partial charge < -0.3 is 10.1 Å². The topological polar surface area (TPSA) is 21.3 Å². The zero-order valence-electron chi connectivity index (χ0n) is 11.8. The summed E-state index contributed by atoms with van der Waals surface area (Å²) in [4.78, 5) is 0. The number of rotatable bonds is 4. The van der Waals surface area contributed by atoms with E-state index in [1.54, 1.807) is 0 Å². The highest BCUT2D eigenvalue weighted by atomic mass is 19.1. The van der Waals surface area contributed by atoms with Crippen molar-refractivity contribution in [3.8, 4) is 5.75 Å². The smallest absolute Gasteiger partial charge is 0.126 e. The largest absolute Gasteiger partial charge is 0.493 e. The van der Waals surface area contributed by atoms with Crippen molar-refractivity contribution in [1.82, 2.24) is 5.32 Å². The molecule has 2 aromatic rings. The van der Waals surface area contributed by atoms with E-state index in [0.29, 0.717) is 18.6 Å². The number of benzene rings is 2. The number of likely N-dealkylation sites (N-methyl/N-ethyl adjacent to an activating group) is 1. The van der Waals surface area contributed by atoms with Crippen molar-refractivity contribution in [3.05, 3.63) is 65.2 Å². The Labute approximate surface area is 122 Å². The van der Waals surface area contributed by atoms with Crippen LogP contribution in [0.1, 0.15) is 17.0 Å². The SMILES string of the molecule is CNC(Cc1cc(F)cc(F)c1)C1COc2ccccc21. The summed E-state index contributed by atoms with van der Waals surface area (Å²) < 4.78 is 32.3. The zero-order chi connectivity index (χ0) is 14.8. The highest BCUT2D eigenvalue weighted by Gasteiger charge is 2.30. The summed E-state index contributed by atoms with van der Waals surface area (Å²) in [5.41, 5.74) is 1.80. The number of hydrogen-bond donors (Lipinski definition) is 1. The van der Waals surface area contributed by atoms with Gasteiger partial charge in [0, 0.05) is 23.6 Å². The lowest BCUT2D eigenvalue weighted by Crippen LogP contribution is -2.35. The summed E-state index contributed by atoms with van der Waals surface area (Å²) in [7, 11) is 1.86. The van der Waals surface area contributed by atoms with Gasteiger partial charge in [-0.15, -0.1) is 0 Å². The molecular formula is C17H17F2NO. The van der Waals surface area contributed by atoms with Crippen LogP contribution in [0.3, 0.4) is 0 Å².